The second kappa shape index (κ2) is 5.23. The molecule has 2 heterocycles. The molecule has 1 aliphatic heterocycles. The number of imide groups is 1. The van der Waals surface area contributed by atoms with Crippen LogP contribution in [0, 0.1) is 6.92 Å². The molecule has 2 aromatic rings. The van der Waals surface area contributed by atoms with E-state index in [4.69, 9.17) is 5.11 Å². The van der Waals surface area contributed by atoms with Crippen molar-refractivity contribution in [3.8, 4) is 0 Å². The number of β-amino-alcohol motifs (C(OH)–C–C–N with tert-alkyl or cyclic N) is 1. The summed E-state index contributed by atoms with van der Waals surface area (Å²) in [6.07, 6.45) is 1.23. The Labute approximate surface area is 124 Å². The number of hydrogen-bond donors (Lipinski definition) is 2. The lowest BCUT2D eigenvalue weighted by Gasteiger charge is -2.14. The average Bonchev–Trinajstić information content (AvgIpc) is 3.03. The van der Waals surface area contributed by atoms with Gasteiger partial charge in [0, 0.05) is 6.08 Å². The highest BCUT2D eigenvalue weighted by Crippen LogP contribution is 2.28. The topological polar surface area (TPSA) is 95.4 Å². The fourth-order valence-corrected chi connectivity index (χ4v) is 2.70. The van der Waals surface area contributed by atoms with E-state index in [1.807, 2.05) is 19.1 Å². The number of hydrogen-bond acceptors (Lipinski definition) is 7. The van der Waals surface area contributed by atoms with Gasteiger partial charge in [0.15, 0.2) is 0 Å². The van der Waals surface area contributed by atoms with E-state index in [0.717, 1.165) is 27.7 Å². The number of carbonyl (C=O) groups excluding carboxylic acids is 2. The van der Waals surface area contributed by atoms with Gasteiger partial charge in [0.25, 0.3) is 11.8 Å². The lowest BCUT2D eigenvalue weighted by molar-refractivity contribution is -0.137. The molecule has 7 nitrogen and oxygen atoms in total. The van der Waals surface area contributed by atoms with Crippen LogP contribution in [0.1, 0.15) is 5.56 Å². The van der Waals surface area contributed by atoms with Crippen LogP contribution in [0.2, 0.25) is 0 Å². The monoisotopic (exact) mass is 304 g/mol. The van der Waals surface area contributed by atoms with Crippen LogP contribution in [0.4, 0.5) is 5.69 Å². The number of anilines is 1. The average molecular weight is 304 g/mol. The van der Waals surface area contributed by atoms with Crippen molar-refractivity contribution in [2.75, 3.05) is 18.5 Å². The van der Waals surface area contributed by atoms with Crippen molar-refractivity contribution in [2.24, 2.45) is 0 Å². The summed E-state index contributed by atoms with van der Waals surface area (Å²) in [5.41, 5.74) is 3.15. The summed E-state index contributed by atoms with van der Waals surface area (Å²) >= 11 is 1.09. The van der Waals surface area contributed by atoms with Crippen LogP contribution in [-0.4, -0.2) is 43.7 Å². The van der Waals surface area contributed by atoms with Gasteiger partial charge in [0.1, 0.15) is 16.7 Å². The molecule has 0 spiro atoms. The predicted octanol–water partition coefficient (Wildman–Crippen LogP) is 0.657. The fourth-order valence-electron chi connectivity index (χ4n) is 2.15. The molecule has 1 aromatic heterocycles. The number of benzene rings is 1. The first-order chi connectivity index (χ1) is 10.1. The molecule has 2 amide bonds. The summed E-state index contributed by atoms with van der Waals surface area (Å²) < 4.78 is 8.36. The predicted molar refractivity (Wildman–Crippen MR) is 77.7 cm³/mol. The third-order valence-corrected chi connectivity index (χ3v) is 3.77. The number of aromatic nitrogens is 2. The molecule has 0 saturated carbocycles. The summed E-state index contributed by atoms with van der Waals surface area (Å²) in [5.74, 6) is -0.883. The number of aliphatic hydroxyl groups excluding tert-OH is 1. The molecule has 0 atom stereocenters. The molecule has 0 saturated heterocycles. The SMILES string of the molecule is Cc1ccc2nsnc2c1NC1=CC(=O)N(CCO)C1=O. The molecule has 0 radical (unpaired) electrons. The van der Waals surface area contributed by atoms with Gasteiger partial charge < -0.3 is 10.4 Å². The Balaban J connectivity index is 1.95. The van der Waals surface area contributed by atoms with Gasteiger partial charge in [-0.25, -0.2) is 0 Å². The molecular weight excluding hydrogens is 292 g/mol. The summed E-state index contributed by atoms with van der Waals surface area (Å²) in [6, 6.07) is 3.73. The maximum atomic E-state index is 12.1. The number of rotatable bonds is 4. The van der Waals surface area contributed by atoms with Crippen LogP contribution in [0.3, 0.4) is 0 Å². The Kier molecular flexibility index (Phi) is 3.40. The molecule has 2 N–H and O–H groups in total. The number of aryl methyl sites for hydroxylation is 1. The van der Waals surface area contributed by atoms with Crippen molar-refractivity contribution in [1.29, 1.82) is 0 Å². The fraction of sp³-hybridized carbons (Fsp3) is 0.231. The van der Waals surface area contributed by atoms with Gasteiger partial charge in [0.05, 0.1) is 30.6 Å². The molecule has 1 aromatic carbocycles. The zero-order chi connectivity index (χ0) is 15.0. The number of carbonyl (C=O) groups is 2. The quantitative estimate of drug-likeness (QED) is 0.806. The Morgan fingerprint density at radius 3 is 2.90 bits per heavy atom. The minimum atomic E-state index is -0.450. The van der Waals surface area contributed by atoms with Gasteiger partial charge in [0.2, 0.25) is 0 Å². The molecule has 3 rings (SSSR count). The summed E-state index contributed by atoms with van der Waals surface area (Å²) in [7, 11) is 0. The zero-order valence-corrected chi connectivity index (χ0v) is 12.0. The second-order valence-corrected chi connectivity index (χ2v) is 5.12. The van der Waals surface area contributed by atoms with Crippen molar-refractivity contribution in [3.63, 3.8) is 0 Å². The molecule has 0 unspecified atom stereocenters. The normalized spacial score (nSPS) is 15.0. The number of amides is 2. The molecule has 1 aliphatic rings. The van der Waals surface area contributed by atoms with Gasteiger partial charge in [-0.05, 0) is 18.6 Å². The minimum absolute atomic E-state index is 0.0131. The van der Waals surface area contributed by atoms with Crippen LogP contribution in [0.5, 0.6) is 0 Å². The molecule has 0 fully saturated rings. The van der Waals surface area contributed by atoms with Gasteiger partial charge in [-0.15, -0.1) is 0 Å². The Morgan fingerprint density at radius 2 is 2.14 bits per heavy atom. The summed E-state index contributed by atoms with van der Waals surface area (Å²) in [4.78, 5) is 24.8. The van der Waals surface area contributed by atoms with Crippen LogP contribution >= 0.6 is 11.7 Å². The standard InChI is InChI=1S/C13H12N4O3S/c1-7-2-3-8-12(16-21-15-8)11(7)14-9-6-10(19)17(4-5-18)13(9)20/h2-3,6,14,18H,4-5H2,1H3. The first kappa shape index (κ1) is 13.7. The first-order valence-corrected chi connectivity index (χ1v) is 7.02. The van der Waals surface area contributed by atoms with Gasteiger partial charge in [-0.1, -0.05) is 6.07 Å². The smallest absolute Gasteiger partial charge is 0.277 e. The Hall–Kier alpha value is -2.32. The third kappa shape index (κ3) is 2.28. The van der Waals surface area contributed by atoms with E-state index in [9.17, 15) is 9.59 Å². The highest BCUT2D eigenvalue weighted by Gasteiger charge is 2.31. The molecule has 21 heavy (non-hydrogen) atoms. The van der Waals surface area contributed by atoms with Crippen LogP contribution in [0.15, 0.2) is 23.9 Å². The zero-order valence-electron chi connectivity index (χ0n) is 11.2. The van der Waals surface area contributed by atoms with E-state index in [1.165, 1.54) is 6.08 Å². The Morgan fingerprint density at radius 1 is 1.33 bits per heavy atom. The number of aliphatic hydroxyl groups is 1. The van der Waals surface area contributed by atoms with Crippen molar-refractivity contribution >= 4 is 40.3 Å². The lowest BCUT2D eigenvalue weighted by atomic mass is 10.1. The Bertz CT molecular complexity index is 768. The maximum absolute atomic E-state index is 12.1. The molecule has 108 valence electrons. The highest BCUT2D eigenvalue weighted by molar-refractivity contribution is 7.00. The molecular formula is C13H12N4O3S. The van der Waals surface area contributed by atoms with Crippen molar-refractivity contribution < 1.29 is 14.7 Å². The van der Waals surface area contributed by atoms with Gasteiger partial charge in [-0.2, -0.15) is 8.75 Å². The number of nitrogens with one attached hydrogen (secondary N) is 1. The largest absolute Gasteiger partial charge is 0.395 e. The molecule has 0 aliphatic carbocycles. The van der Waals surface area contributed by atoms with Crippen LogP contribution in [-0.2, 0) is 9.59 Å². The van der Waals surface area contributed by atoms with Crippen molar-refractivity contribution in [2.45, 2.75) is 6.92 Å². The minimum Gasteiger partial charge on any atom is -0.395 e. The summed E-state index contributed by atoms with van der Waals surface area (Å²) in [6.45, 7) is 1.61. The first-order valence-electron chi connectivity index (χ1n) is 6.29. The van der Waals surface area contributed by atoms with E-state index < -0.39 is 11.8 Å². The summed E-state index contributed by atoms with van der Waals surface area (Å²) in [5, 5.41) is 11.9. The lowest BCUT2D eigenvalue weighted by Crippen LogP contribution is -2.34. The van der Waals surface area contributed by atoms with E-state index >= 15 is 0 Å². The van der Waals surface area contributed by atoms with Crippen LogP contribution < -0.4 is 5.32 Å². The van der Waals surface area contributed by atoms with Gasteiger partial charge in [-0.3, -0.25) is 14.5 Å². The number of fused-ring (bicyclic) bond motifs is 1. The van der Waals surface area contributed by atoms with E-state index in [2.05, 4.69) is 14.1 Å². The van der Waals surface area contributed by atoms with Crippen LogP contribution in [0.25, 0.3) is 11.0 Å². The maximum Gasteiger partial charge on any atom is 0.277 e. The van der Waals surface area contributed by atoms with E-state index in [0.29, 0.717) is 11.2 Å². The van der Waals surface area contributed by atoms with Gasteiger partial charge >= 0.3 is 0 Å². The third-order valence-electron chi connectivity index (χ3n) is 3.23. The number of nitrogens with zero attached hydrogens (tertiary/aromatic N) is 3. The van der Waals surface area contributed by atoms with Crippen molar-refractivity contribution in [1.82, 2.24) is 13.6 Å². The molecule has 0 bridgehead atoms. The second-order valence-electron chi connectivity index (χ2n) is 4.59. The van der Waals surface area contributed by atoms with E-state index in [1.54, 1.807) is 0 Å². The van der Waals surface area contributed by atoms with Crippen molar-refractivity contribution in [3.05, 3.63) is 29.5 Å². The highest BCUT2D eigenvalue weighted by atomic mass is 32.1. The van der Waals surface area contributed by atoms with E-state index in [-0.39, 0.29) is 18.8 Å². The molecule has 8 heteroatoms.